The highest BCUT2D eigenvalue weighted by Gasteiger charge is 2.39. The molecule has 0 aliphatic heterocycles. The molecule has 0 aliphatic carbocycles. The minimum Gasteiger partial charge on any atom is -0.543 e. The third kappa shape index (κ3) is 8.97. The maximum absolute atomic E-state index is 12.6. The Morgan fingerprint density at radius 3 is 2.17 bits per heavy atom. The number of esters is 1. The van der Waals surface area contributed by atoms with Gasteiger partial charge in [-0.2, -0.15) is 0 Å². The fraction of sp³-hybridized carbons (Fsp3) is 0.500. The van der Waals surface area contributed by atoms with E-state index in [2.05, 4.69) is 78.9 Å². The smallest absolute Gasteiger partial charge is 0.333 e. The Balaban J connectivity index is 2.02. The molecule has 4 nitrogen and oxygen atoms in total. The van der Waals surface area contributed by atoms with E-state index in [9.17, 15) is 4.79 Å². The number of ether oxygens (including phenoxy) is 2. The molecule has 5 heteroatoms. The van der Waals surface area contributed by atoms with E-state index in [1.807, 2.05) is 31.2 Å². The van der Waals surface area contributed by atoms with Crippen LogP contribution in [0.3, 0.4) is 0 Å². The van der Waals surface area contributed by atoms with E-state index in [4.69, 9.17) is 13.9 Å². The molecule has 0 heterocycles. The normalized spacial score (nSPS) is 13.6. The van der Waals surface area contributed by atoms with E-state index in [0.717, 1.165) is 17.7 Å². The highest BCUT2D eigenvalue weighted by Crippen LogP contribution is 2.38. The Morgan fingerprint density at radius 1 is 0.971 bits per heavy atom. The molecule has 2 aromatic rings. The van der Waals surface area contributed by atoms with Crippen LogP contribution in [-0.4, -0.2) is 27.2 Å². The van der Waals surface area contributed by atoms with E-state index in [-0.39, 0.29) is 10.5 Å². The van der Waals surface area contributed by atoms with Crippen LogP contribution in [0, 0.1) is 0 Å². The van der Waals surface area contributed by atoms with Crippen molar-refractivity contribution >= 4 is 20.4 Å². The minimum atomic E-state index is -2.00. The molecule has 0 fully saturated rings. The second kappa shape index (κ2) is 12.0. The van der Waals surface area contributed by atoms with Gasteiger partial charge in [0.2, 0.25) is 6.29 Å². The summed E-state index contributed by atoms with van der Waals surface area (Å²) in [7, 11) is -2.00. The van der Waals surface area contributed by atoms with Crippen LogP contribution in [0.4, 0.5) is 0 Å². The number of para-hydroxylation sites is 1. The van der Waals surface area contributed by atoms with Gasteiger partial charge in [0.05, 0.1) is 0 Å². The van der Waals surface area contributed by atoms with Crippen molar-refractivity contribution in [3.05, 3.63) is 71.3 Å². The molecule has 35 heavy (non-hydrogen) atoms. The molecule has 0 saturated heterocycles. The van der Waals surface area contributed by atoms with Crippen LogP contribution >= 0.6 is 0 Å². The molecule has 0 radical (unpaired) electrons. The van der Waals surface area contributed by atoms with Gasteiger partial charge in [0.15, 0.2) is 0 Å². The molecule has 2 aromatic carbocycles. The lowest BCUT2D eigenvalue weighted by atomic mass is 9.86. The average molecular weight is 497 g/mol. The SMILES string of the molecule is CCOC(CCc1ccc(C(C)(C)C)cc1)OC(=O)C=Cc1ccccc1O[Si](C)(C)C(C)(C)C. The van der Waals surface area contributed by atoms with E-state index in [1.165, 1.54) is 17.2 Å². The van der Waals surface area contributed by atoms with Gasteiger partial charge in [-0.3, -0.25) is 0 Å². The van der Waals surface area contributed by atoms with Crippen LogP contribution in [-0.2, 0) is 26.1 Å². The van der Waals surface area contributed by atoms with Crippen molar-refractivity contribution in [2.45, 2.75) is 91.1 Å². The Kier molecular flexibility index (Phi) is 9.93. The van der Waals surface area contributed by atoms with E-state index in [1.54, 1.807) is 6.08 Å². The number of carbonyl (C=O) groups excluding carboxylic acids is 1. The summed E-state index contributed by atoms with van der Waals surface area (Å²) in [5.74, 6) is 0.372. The van der Waals surface area contributed by atoms with Crippen LogP contribution in [0.5, 0.6) is 5.75 Å². The van der Waals surface area contributed by atoms with Crippen molar-refractivity contribution in [2.75, 3.05) is 6.61 Å². The van der Waals surface area contributed by atoms with Crippen molar-refractivity contribution in [1.29, 1.82) is 0 Å². The first-order valence-corrected chi connectivity index (χ1v) is 15.5. The monoisotopic (exact) mass is 496 g/mol. The lowest BCUT2D eigenvalue weighted by Crippen LogP contribution is -2.44. The summed E-state index contributed by atoms with van der Waals surface area (Å²) in [5.41, 5.74) is 3.49. The molecule has 0 bridgehead atoms. The Morgan fingerprint density at radius 2 is 1.60 bits per heavy atom. The summed E-state index contributed by atoms with van der Waals surface area (Å²) in [4.78, 5) is 12.6. The Labute approximate surface area is 213 Å². The number of rotatable bonds is 10. The topological polar surface area (TPSA) is 44.8 Å². The van der Waals surface area contributed by atoms with Gasteiger partial charge < -0.3 is 13.9 Å². The zero-order chi connectivity index (χ0) is 26.3. The summed E-state index contributed by atoms with van der Waals surface area (Å²) < 4.78 is 17.8. The highest BCUT2D eigenvalue weighted by atomic mass is 28.4. The van der Waals surface area contributed by atoms with Crippen molar-refractivity contribution < 1.29 is 18.7 Å². The first kappa shape index (κ1) is 28.9. The van der Waals surface area contributed by atoms with Gasteiger partial charge in [0.25, 0.3) is 8.32 Å². The number of carbonyl (C=O) groups is 1. The Hall–Kier alpha value is -2.37. The minimum absolute atomic E-state index is 0.0839. The molecule has 1 atom stereocenters. The van der Waals surface area contributed by atoms with Crippen molar-refractivity contribution in [2.24, 2.45) is 0 Å². The summed E-state index contributed by atoms with van der Waals surface area (Å²) >= 11 is 0. The van der Waals surface area contributed by atoms with Gasteiger partial charge in [0, 0.05) is 24.7 Å². The molecule has 0 N–H and O–H groups in total. The fourth-order valence-electron chi connectivity index (χ4n) is 3.28. The standard InChI is InChI=1S/C30H44O4Si/c1-10-32-28(22-17-23-15-19-25(20-16-23)29(2,3)4)33-27(31)21-18-24-13-11-12-14-26(24)34-35(8,9)30(5,6)7/h11-16,18-21,28H,10,17,22H2,1-9H3. The van der Waals surface area contributed by atoms with Gasteiger partial charge in [-0.1, -0.05) is 84.0 Å². The third-order valence-electron chi connectivity index (χ3n) is 6.58. The maximum Gasteiger partial charge on any atom is 0.333 e. The van der Waals surface area contributed by atoms with Gasteiger partial charge in [-0.25, -0.2) is 4.79 Å². The second-order valence-electron chi connectivity index (χ2n) is 11.5. The van der Waals surface area contributed by atoms with Crippen molar-refractivity contribution in [3.63, 3.8) is 0 Å². The molecule has 0 aliphatic rings. The first-order valence-electron chi connectivity index (χ1n) is 12.6. The fourth-order valence-corrected chi connectivity index (χ4v) is 4.33. The number of hydrogen-bond donors (Lipinski definition) is 0. The zero-order valence-corrected chi connectivity index (χ0v) is 24.1. The highest BCUT2D eigenvalue weighted by molar-refractivity contribution is 6.74. The number of aryl methyl sites for hydroxylation is 1. The number of benzene rings is 2. The van der Waals surface area contributed by atoms with Gasteiger partial charge in [0.1, 0.15) is 5.75 Å². The van der Waals surface area contributed by atoms with Gasteiger partial charge in [-0.05, 0) is 60.2 Å². The first-order chi connectivity index (χ1) is 16.2. The maximum atomic E-state index is 12.6. The molecular weight excluding hydrogens is 452 g/mol. The molecular formula is C30H44O4Si. The lowest BCUT2D eigenvalue weighted by Gasteiger charge is -2.36. The molecule has 192 valence electrons. The van der Waals surface area contributed by atoms with Crippen LogP contribution < -0.4 is 4.43 Å². The Bertz CT molecular complexity index is 979. The van der Waals surface area contributed by atoms with Crippen LogP contribution in [0.1, 0.15) is 71.6 Å². The van der Waals surface area contributed by atoms with E-state index < -0.39 is 20.6 Å². The zero-order valence-electron chi connectivity index (χ0n) is 23.1. The quantitative estimate of drug-likeness (QED) is 0.145. The predicted molar refractivity (Wildman–Crippen MR) is 148 cm³/mol. The van der Waals surface area contributed by atoms with Crippen molar-refractivity contribution in [1.82, 2.24) is 0 Å². The summed E-state index contributed by atoms with van der Waals surface area (Å²) in [6, 6.07) is 16.4. The van der Waals surface area contributed by atoms with Crippen LogP contribution in [0.25, 0.3) is 6.08 Å². The predicted octanol–water partition coefficient (Wildman–Crippen LogP) is 7.92. The molecule has 0 aromatic heterocycles. The molecule has 0 saturated carbocycles. The molecule has 1 unspecified atom stereocenters. The van der Waals surface area contributed by atoms with Gasteiger partial charge in [-0.15, -0.1) is 0 Å². The van der Waals surface area contributed by atoms with E-state index in [0.29, 0.717) is 13.0 Å². The summed E-state index contributed by atoms with van der Waals surface area (Å²) in [6.07, 6.45) is 4.01. The summed E-state index contributed by atoms with van der Waals surface area (Å²) in [5, 5.41) is 0.0839. The van der Waals surface area contributed by atoms with Crippen LogP contribution in [0.15, 0.2) is 54.6 Å². The third-order valence-corrected chi connectivity index (χ3v) is 10.9. The number of hydrogen-bond acceptors (Lipinski definition) is 4. The van der Waals surface area contributed by atoms with Gasteiger partial charge >= 0.3 is 5.97 Å². The largest absolute Gasteiger partial charge is 0.543 e. The second-order valence-corrected chi connectivity index (χ2v) is 16.3. The lowest BCUT2D eigenvalue weighted by molar-refractivity contribution is -0.173. The molecule has 2 rings (SSSR count). The van der Waals surface area contributed by atoms with E-state index >= 15 is 0 Å². The molecule has 0 amide bonds. The van der Waals surface area contributed by atoms with Crippen LogP contribution in [0.2, 0.25) is 18.1 Å². The molecule has 0 spiro atoms. The summed E-state index contributed by atoms with van der Waals surface area (Å²) in [6.45, 7) is 20.1. The van der Waals surface area contributed by atoms with Crippen molar-refractivity contribution in [3.8, 4) is 5.75 Å². The average Bonchev–Trinajstić information content (AvgIpc) is 2.76.